The number of amides is 2. The van der Waals surface area contributed by atoms with E-state index in [0.29, 0.717) is 16.9 Å². The highest BCUT2D eigenvalue weighted by molar-refractivity contribution is 6.08. The molecule has 1 heterocycles. The normalized spacial score (nSPS) is 10.7. The summed E-state index contributed by atoms with van der Waals surface area (Å²) in [5.74, 6) is -0.342. The minimum absolute atomic E-state index is 0.155. The molecule has 154 valence electrons. The number of hydrogen-bond acceptors (Lipinski definition) is 5. The second kappa shape index (κ2) is 9.19. The third-order valence-corrected chi connectivity index (χ3v) is 4.41. The summed E-state index contributed by atoms with van der Waals surface area (Å²) in [5, 5.41) is 5.49. The molecule has 0 fully saturated rings. The lowest BCUT2D eigenvalue weighted by atomic mass is 10.0. The van der Waals surface area contributed by atoms with Gasteiger partial charge in [-0.2, -0.15) is 0 Å². The van der Waals surface area contributed by atoms with Crippen molar-refractivity contribution in [3.8, 4) is 11.1 Å². The maximum absolute atomic E-state index is 12.8. The van der Waals surface area contributed by atoms with Crippen molar-refractivity contribution in [3.05, 3.63) is 71.9 Å². The Morgan fingerprint density at radius 3 is 2.10 bits per heavy atom. The maximum Gasteiger partial charge on any atom is 0.259 e. The number of nitrogens with two attached hydrogens (primary N) is 1. The van der Waals surface area contributed by atoms with E-state index in [-0.39, 0.29) is 17.6 Å². The van der Waals surface area contributed by atoms with E-state index in [1.54, 1.807) is 36.5 Å². The number of rotatable bonds is 6. The number of anilines is 3. The third-order valence-electron chi connectivity index (χ3n) is 4.41. The fourth-order valence-corrected chi connectivity index (χ4v) is 3.02. The van der Waals surface area contributed by atoms with Crippen LogP contribution in [0.3, 0.4) is 0 Å². The van der Waals surface area contributed by atoms with Gasteiger partial charge in [0.05, 0.1) is 5.56 Å². The van der Waals surface area contributed by atoms with Crippen LogP contribution < -0.4 is 16.4 Å². The summed E-state index contributed by atoms with van der Waals surface area (Å²) >= 11 is 0. The molecule has 0 atom stereocenters. The van der Waals surface area contributed by atoms with E-state index >= 15 is 0 Å². The standard InChI is InChI=1S/C23H25N5O2/c1-15(29)26-19-8-10-20(11-9-19)27-23(30)21-12-18(13-25-22(21)24)17-6-4-16(5-7-17)14-28(2)3/h4-13H,14H2,1-3H3,(H2,24,25)(H,26,29)(H,27,30). The van der Waals surface area contributed by atoms with Crippen LogP contribution in [0.4, 0.5) is 17.2 Å². The number of carbonyl (C=O) groups is 2. The molecule has 4 N–H and O–H groups in total. The Kier molecular flexibility index (Phi) is 6.44. The molecular weight excluding hydrogens is 378 g/mol. The van der Waals surface area contributed by atoms with Crippen LogP contribution in [0.5, 0.6) is 0 Å². The molecule has 3 rings (SSSR count). The Labute approximate surface area is 175 Å². The summed E-state index contributed by atoms with van der Waals surface area (Å²) in [5.41, 5.74) is 10.5. The molecule has 0 bridgehead atoms. The predicted molar refractivity (Wildman–Crippen MR) is 120 cm³/mol. The van der Waals surface area contributed by atoms with Crippen LogP contribution in [0.2, 0.25) is 0 Å². The number of carbonyl (C=O) groups excluding carboxylic acids is 2. The monoisotopic (exact) mass is 403 g/mol. The molecule has 0 aliphatic carbocycles. The van der Waals surface area contributed by atoms with Gasteiger partial charge in [0.1, 0.15) is 5.82 Å². The minimum Gasteiger partial charge on any atom is -0.383 e. The van der Waals surface area contributed by atoms with Gasteiger partial charge in [-0.15, -0.1) is 0 Å². The highest BCUT2D eigenvalue weighted by Crippen LogP contribution is 2.24. The topological polar surface area (TPSA) is 100 Å². The lowest BCUT2D eigenvalue weighted by Crippen LogP contribution is -2.15. The highest BCUT2D eigenvalue weighted by atomic mass is 16.2. The van der Waals surface area contributed by atoms with Gasteiger partial charge in [0.2, 0.25) is 5.91 Å². The quantitative estimate of drug-likeness (QED) is 0.584. The van der Waals surface area contributed by atoms with E-state index < -0.39 is 0 Å². The van der Waals surface area contributed by atoms with Crippen LogP contribution in [0.1, 0.15) is 22.8 Å². The zero-order valence-electron chi connectivity index (χ0n) is 17.3. The molecule has 2 amide bonds. The molecule has 30 heavy (non-hydrogen) atoms. The second-order valence-electron chi connectivity index (χ2n) is 7.30. The fraction of sp³-hybridized carbons (Fsp3) is 0.174. The first-order chi connectivity index (χ1) is 14.3. The molecule has 0 aliphatic heterocycles. The Morgan fingerprint density at radius 1 is 0.933 bits per heavy atom. The lowest BCUT2D eigenvalue weighted by Gasteiger charge is -2.12. The minimum atomic E-state index is -0.349. The van der Waals surface area contributed by atoms with E-state index in [1.807, 2.05) is 26.2 Å². The van der Waals surface area contributed by atoms with Gasteiger partial charge in [0, 0.05) is 36.6 Å². The summed E-state index contributed by atoms with van der Waals surface area (Å²) in [6, 6.07) is 16.7. The van der Waals surface area contributed by atoms with Gasteiger partial charge >= 0.3 is 0 Å². The van der Waals surface area contributed by atoms with E-state index in [4.69, 9.17) is 5.73 Å². The molecule has 7 nitrogen and oxygen atoms in total. The number of aromatic nitrogens is 1. The number of nitrogens with one attached hydrogen (secondary N) is 2. The van der Waals surface area contributed by atoms with Crippen LogP contribution in [-0.2, 0) is 11.3 Å². The summed E-state index contributed by atoms with van der Waals surface area (Å²) in [6.45, 7) is 2.29. The first-order valence-corrected chi connectivity index (χ1v) is 9.50. The first kappa shape index (κ1) is 21.0. The van der Waals surface area contributed by atoms with Gasteiger partial charge in [0.25, 0.3) is 5.91 Å². The van der Waals surface area contributed by atoms with Crippen LogP contribution in [0, 0.1) is 0 Å². The summed E-state index contributed by atoms with van der Waals surface area (Å²) < 4.78 is 0. The van der Waals surface area contributed by atoms with E-state index in [0.717, 1.165) is 17.7 Å². The fourth-order valence-electron chi connectivity index (χ4n) is 3.02. The van der Waals surface area contributed by atoms with Crippen LogP contribution in [-0.4, -0.2) is 35.8 Å². The molecule has 0 saturated heterocycles. The number of benzene rings is 2. The van der Waals surface area contributed by atoms with Crippen molar-refractivity contribution < 1.29 is 9.59 Å². The Morgan fingerprint density at radius 2 is 1.53 bits per heavy atom. The molecular formula is C23H25N5O2. The van der Waals surface area contributed by atoms with Crippen molar-refractivity contribution >= 4 is 29.0 Å². The number of nitrogen functional groups attached to an aromatic ring is 1. The van der Waals surface area contributed by atoms with Crippen molar-refractivity contribution in [1.29, 1.82) is 0 Å². The van der Waals surface area contributed by atoms with Crippen LogP contribution in [0.15, 0.2) is 60.8 Å². The smallest absolute Gasteiger partial charge is 0.259 e. The summed E-state index contributed by atoms with van der Waals surface area (Å²) in [4.78, 5) is 30.2. The summed E-state index contributed by atoms with van der Waals surface area (Å²) in [6.07, 6.45) is 1.66. The van der Waals surface area contributed by atoms with Crippen molar-refractivity contribution in [2.45, 2.75) is 13.5 Å². The second-order valence-corrected chi connectivity index (χ2v) is 7.30. The Balaban J connectivity index is 1.77. The first-order valence-electron chi connectivity index (χ1n) is 9.50. The van der Waals surface area contributed by atoms with Gasteiger partial charge in [-0.05, 0) is 55.6 Å². The SMILES string of the molecule is CC(=O)Nc1ccc(NC(=O)c2cc(-c3ccc(CN(C)C)cc3)cnc2N)cc1. The van der Waals surface area contributed by atoms with Crippen LogP contribution >= 0.6 is 0 Å². The van der Waals surface area contributed by atoms with E-state index in [1.165, 1.54) is 12.5 Å². The Bertz CT molecular complexity index is 1040. The van der Waals surface area contributed by atoms with Crippen molar-refractivity contribution in [2.75, 3.05) is 30.5 Å². The molecule has 3 aromatic rings. The van der Waals surface area contributed by atoms with Crippen molar-refractivity contribution in [3.63, 3.8) is 0 Å². The van der Waals surface area contributed by atoms with E-state index in [9.17, 15) is 9.59 Å². The van der Waals surface area contributed by atoms with Crippen LogP contribution in [0.25, 0.3) is 11.1 Å². The molecule has 1 aromatic heterocycles. The van der Waals surface area contributed by atoms with Gasteiger partial charge in [0.15, 0.2) is 0 Å². The molecule has 7 heteroatoms. The summed E-state index contributed by atoms with van der Waals surface area (Å²) in [7, 11) is 4.05. The third kappa shape index (κ3) is 5.42. The number of hydrogen-bond donors (Lipinski definition) is 3. The highest BCUT2D eigenvalue weighted by Gasteiger charge is 2.13. The molecule has 2 aromatic carbocycles. The predicted octanol–water partition coefficient (Wildman–Crippen LogP) is 3.60. The lowest BCUT2D eigenvalue weighted by molar-refractivity contribution is -0.114. The zero-order chi connectivity index (χ0) is 21.7. The molecule has 0 radical (unpaired) electrons. The van der Waals surface area contributed by atoms with Gasteiger partial charge in [-0.1, -0.05) is 24.3 Å². The molecule has 0 saturated carbocycles. The molecule has 0 spiro atoms. The van der Waals surface area contributed by atoms with E-state index in [2.05, 4.69) is 32.7 Å². The van der Waals surface area contributed by atoms with Gasteiger partial charge < -0.3 is 21.3 Å². The Hall–Kier alpha value is -3.71. The number of nitrogens with zero attached hydrogens (tertiary/aromatic N) is 2. The average Bonchev–Trinajstić information content (AvgIpc) is 2.69. The number of pyridine rings is 1. The molecule has 0 aliphatic rings. The molecule has 0 unspecified atom stereocenters. The van der Waals surface area contributed by atoms with Crippen molar-refractivity contribution in [1.82, 2.24) is 9.88 Å². The maximum atomic E-state index is 12.8. The zero-order valence-corrected chi connectivity index (χ0v) is 17.3. The average molecular weight is 403 g/mol. The van der Waals surface area contributed by atoms with Gasteiger partial charge in [-0.3, -0.25) is 9.59 Å². The largest absolute Gasteiger partial charge is 0.383 e. The van der Waals surface area contributed by atoms with Gasteiger partial charge in [-0.25, -0.2) is 4.98 Å². The van der Waals surface area contributed by atoms with Crippen molar-refractivity contribution in [2.24, 2.45) is 0 Å².